The minimum atomic E-state index is -0.707. The summed E-state index contributed by atoms with van der Waals surface area (Å²) < 4.78 is 0. The highest BCUT2D eigenvalue weighted by atomic mass is 35.5. The van der Waals surface area contributed by atoms with E-state index in [-0.39, 0.29) is 6.42 Å². The number of hydrogen-bond donors (Lipinski definition) is 1. The van der Waals surface area contributed by atoms with Gasteiger partial charge in [-0.25, -0.2) is 0 Å². The van der Waals surface area contributed by atoms with Gasteiger partial charge in [-0.2, -0.15) is 0 Å². The van der Waals surface area contributed by atoms with E-state index in [1.807, 2.05) is 12.1 Å². The fourth-order valence-electron chi connectivity index (χ4n) is 3.07. The summed E-state index contributed by atoms with van der Waals surface area (Å²) in [5, 5.41) is 9.58. The Labute approximate surface area is 125 Å². The molecule has 1 aliphatic rings. The highest BCUT2D eigenvalue weighted by molar-refractivity contribution is 6.33. The van der Waals surface area contributed by atoms with E-state index >= 15 is 0 Å². The van der Waals surface area contributed by atoms with Crippen LogP contribution in [-0.2, 0) is 4.79 Å². The van der Waals surface area contributed by atoms with Crippen LogP contribution in [0.25, 0.3) is 0 Å². The zero-order valence-electron chi connectivity index (χ0n) is 11.9. The second kappa shape index (κ2) is 6.98. The third-order valence-corrected chi connectivity index (χ3v) is 4.34. The summed E-state index contributed by atoms with van der Waals surface area (Å²) in [7, 11) is 0. The van der Waals surface area contributed by atoms with Crippen LogP contribution in [0.1, 0.15) is 44.1 Å². The van der Waals surface area contributed by atoms with Crippen molar-refractivity contribution in [3.63, 3.8) is 0 Å². The lowest BCUT2D eigenvalue weighted by Crippen LogP contribution is -2.40. The second-order valence-electron chi connectivity index (χ2n) is 5.53. The van der Waals surface area contributed by atoms with E-state index in [9.17, 15) is 4.79 Å². The third kappa shape index (κ3) is 3.66. The highest BCUT2D eigenvalue weighted by Gasteiger charge is 2.25. The average Bonchev–Trinajstić information content (AvgIpc) is 2.40. The van der Waals surface area contributed by atoms with Crippen LogP contribution in [0.4, 0.5) is 5.69 Å². The normalized spacial score (nSPS) is 19.1. The number of piperidine rings is 1. The van der Waals surface area contributed by atoms with Gasteiger partial charge in [0.15, 0.2) is 0 Å². The summed E-state index contributed by atoms with van der Waals surface area (Å²) in [6, 6.07) is 6.42. The molecule has 1 aromatic carbocycles. The molecule has 2 rings (SSSR count). The van der Waals surface area contributed by atoms with E-state index in [0.717, 1.165) is 36.5 Å². The first kappa shape index (κ1) is 15.2. The quantitative estimate of drug-likeness (QED) is 0.882. The Hall–Kier alpha value is -1.22. The summed E-state index contributed by atoms with van der Waals surface area (Å²) in [4.78, 5) is 13.1. The molecule has 0 amide bonds. The number of rotatable bonds is 5. The number of carboxylic acids is 1. The number of benzene rings is 1. The van der Waals surface area contributed by atoms with Gasteiger partial charge in [-0.05, 0) is 50.7 Å². The van der Waals surface area contributed by atoms with Gasteiger partial charge in [0.2, 0.25) is 0 Å². The van der Waals surface area contributed by atoms with Crippen molar-refractivity contribution < 1.29 is 9.90 Å². The fraction of sp³-hybridized carbons (Fsp3) is 0.562. The van der Waals surface area contributed by atoms with E-state index in [1.54, 1.807) is 0 Å². The van der Waals surface area contributed by atoms with Crippen molar-refractivity contribution in [1.82, 2.24) is 0 Å². The molecule has 0 aromatic heterocycles. The molecule has 0 aliphatic carbocycles. The minimum absolute atomic E-state index is 0.256. The number of carboxylic acid groups (broad SMARTS) is 1. The van der Waals surface area contributed by atoms with Crippen LogP contribution in [0.15, 0.2) is 18.2 Å². The monoisotopic (exact) mass is 295 g/mol. The van der Waals surface area contributed by atoms with Gasteiger partial charge in [0.05, 0.1) is 10.7 Å². The van der Waals surface area contributed by atoms with E-state index in [4.69, 9.17) is 16.7 Å². The van der Waals surface area contributed by atoms with Gasteiger partial charge < -0.3 is 10.0 Å². The first-order valence-electron chi connectivity index (χ1n) is 7.33. The second-order valence-corrected chi connectivity index (χ2v) is 5.94. The predicted molar refractivity (Wildman–Crippen MR) is 82.7 cm³/mol. The van der Waals surface area contributed by atoms with Crippen LogP contribution in [-0.4, -0.2) is 23.7 Å². The molecule has 1 aromatic rings. The van der Waals surface area contributed by atoms with Crippen molar-refractivity contribution in [1.29, 1.82) is 0 Å². The van der Waals surface area contributed by atoms with Crippen molar-refractivity contribution in [3.8, 4) is 0 Å². The molecule has 110 valence electrons. The van der Waals surface area contributed by atoms with Crippen molar-refractivity contribution >= 4 is 23.3 Å². The number of anilines is 1. The summed E-state index contributed by atoms with van der Waals surface area (Å²) in [6.45, 7) is 3.10. The van der Waals surface area contributed by atoms with Crippen LogP contribution >= 0.6 is 11.6 Å². The van der Waals surface area contributed by atoms with Crippen molar-refractivity contribution in [2.24, 2.45) is 0 Å². The highest BCUT2D eigenvalue weighted by Crippen LogP contribution is 2.35. The Morgan fingerprint density at radius 3 is 2.95 bits per heavy atom. The van der Waals surface area contributed by atoms with Gasteiger partial charge in [-0.3, -0.25) is 4.79 Å². The van der Waals surface area contributed by atoms with E-state index in [2.05, 4.69) is 17.9 Å². The Balaban J connectivity index is 2.12. The van der Waals surface area contributed by atoms with Crippen LogP contribution < -0.4 is 4.90 Å². The smallest absolute Gasteiger partial charge is 0.303 e. The summed E-state index contributed by atoms with van der Waals surface area (Å²) >= 11 is 6.38. The molecule has 1 N–H and O–H groups in total. The molecule has 1 saturated heterocycles. The lowest BCUT2D eigenvalue weighted by atomic mass is 9.95. The first-order valence-corrected chi connectivity index (χ1v) is 7.71. The Kier molecular flexibility index (Phi) is 5.30. The van der Waals surface area contributed by atoms with Gasteiger partial charge in [0, 0.05) is 19.0 Å². The summed E-state index contributed by atoms with van der Waals surface area (Å²) in [6.07, 6.45) is 5.45. The first-order chi connectivity index (χ1) is 9.59. The molecule has 0 spiro atoms. The number of para-hydroxylation sites is 1. The molecule has 4 heteroatoms. The molecule has 0 bridgehead atoms. The number of nitrogens with zero attached hydrogens (tertiary/aromatic N) is 1. The predicted octanol–water partition coefficient (Wildman–Crippen LogP) is 4.26. The molecule has 3 nitrogen and oxygen atoms in total. The SMILES string of the molecule is Cc1cccc(Cl)c1N1CCCCC1CCCC(=O)O. The molecule has 20 heavy (non-hydrogen) atoms. The lowest BCUT2D eigenvalue weighted by Gasteiger charge is -2.39. The minimum Gasteiger partial charge on any atom is -0.481 e. The van der Waals surface area contributed by atoms with Gasteiger partial charge in [-0.15, -0.1) is 0 Å². The molecule has 1 fully saturated rings. The van der Waals surface area contributed by atoms with Gasteiger partial charge >= 0.3 is 5.97 Å². The molecule has 0 radical (unpaired) electrons. The topological polar surface area (TPSA) is 40.5 Å². The van der Waals surface area contributed by atoms with Crippen molar-refractivity contribution in [2.45, 2.75) is 51.5 Å². The molecule has 1 atom stereocenters. The zero-order chi connectivity index (χ0) is 14.5. The third-order valence-electron chi connectivity index (χ3n) is 4.03. The fourth-order valence-corrected chi connectivity index (χ4v) is 3.40. The number of aliphatic carboxylic acids is 1. The molecule has 1 aliphatic heterocycles. The van der Waals surface area contributed by atoms with E-state index < -0.39 is 5.97 Å². The molecular formula is C16H22ClNO2. The van der Waals surface area contributed by atoms with Gasteiger partial charge in [-0.1, -0.05) is 23.7 Å². The number of carbonyl (C=O) groups is 1. The summed E-state index contributed by atoms with van der Waals surface area (Å²) in [5.41, 5.74) is 2.33. The Morgan fingerprint density at radius 1 is 1.45 bits per heavy atom. The number of hydrogen-bond acceptors (Lipinski definition) is 2. The number of halogens is 1. The van der Waals surface area contributed by atoms with E-state index in [1.165, 1.54) is 18.4 Å². The average molecular weight is 296 g/mol. The number of aryl methyl sites for hydroxylation is 1. The van der Waals surface area contributed by atoms with Gasteiger partial charge in [0.1, 0.15) is 0 Å². The lowest BCUT2D eigenvalue weighted by molar-refractivity contribution is -0.137. The molecule has 1 heterocycles. The molecular weight excluding hydrogens is 274 g/mol. The van der Waals surface area contributed by atoms with Crippen LogP contribution in [0, 0.1) is 6.92 Å². The zero-order valence-corrected chi connectivity index (χ0v) is 12.7. The van der Waals surface area contributed by atoms with E-state index in [0.29, 0.717) is 6.04 Å². The van der Waals surface area contributed by atoms with Gasteiger partial charge in [0.25, 0.3) is 0 Å². The summed E-state index contributed by atoms with van der Waals surface area (Å²) in [5.74, 6) is -0.707. The maximum absolute atomic E-state index is 10.7. The standard InChI is InChI=1S/C16H22ClNO2/c1-12-6-4-9-14(17)16(12)18-11-3-2-7-13(18)8-5-10-15(19)20/h4,6,9,13H,2-3,5,7-8,10-11H2,1H3,(H,19,20). The molecule has 0 saturated carbocycles. The van der Waals surface area contributed by atoms with Crippen LogP contribution in [0.2, 0.25) is 5.02 Å². The maximum Gasteiger partial charge on any atom is 0.303 e. The Morgan fingerprint density at radius 2 is 2.25 bits per heavy atom. The largest absolute Gasteiger partial charge is 0.481 e. The maximum atomic E-state index is 10.7. The van der Waals surface area contributed by atoms with Crippen molar-refractivity contribution in [2.75, 3.05) is 11.4 Å². The van der Waals surface area contributed by atoms with Crippen LogP contribution in [0.5, 0.6) is 0 Å². The van der Waals surface area contributed by atoms with Crippen molar-refractivity contribution in [3.05, 3.63) is 28.8 Å². The van der Waals surface area contributed by atoms with Crippen LogP contribution in [0.3, 0.4) is 0 Å². The Bertz CT molecular complexity index is 455. The molecule has 1 unspecified atom stereocenters.